The van der Waals surface area contributed by atoms with Gasteiger partial charge in [-0.3, -0.25) is 4.99 Å². The first-order valence-electron chi connectivity index (χ1n) is 5.32. The molecule has 15 heavy (non-hydrogen) atoms. The van der Waals surface area contributed by atoms with E-state index in [1.165, 1.54) is 5.56 Å². The number of thioether (sulfide) groups is 1. The van der Waals surface area contributed by atoms with Crippen LogP contribution < -0.4 is 5.32 Å². The number of benzene rings is 1. The number of nitrogens with one attached hydrogen (secondary N) is 1. The summed E-state index contributed by atoms with van der Waals surface area (Å²) < 4.78 is 0. The average Bonchev–Trinajstić information content (AvgIpc) is 2.65. The van der Waals surface area contributed by atoms with E-state index in [4.69, 9.17) is 0 Å². The smallest absolute Gasteiger partial charge is 0.161 e. The Bertz CT molecular complexity index is 374. The second-order valence-corrected chi connectivity index (χ2v) is 4.81. The Kier molecular flexibility index (Phi) is 3.31. The number of amidine groups is 1. The van der Waals surface area contributed by atoms with Crippen molar-refractivity contribution in [3.05, 3.63) is 29.8 Å². The van der Waals surface area contributed by atoms with Crippen molar-refractivity contribution in [1.82, 2.24) is 0 Å². The highest BCUT2D eigenvalue weighted by Crippen LogP contribution is 2.22. The molecule has 1 unspecified atom stereocenters. The van der Waals surface area contributed by atoms with Crippen molar-refractivity contribution in [2.75, 3.05) is 11.1 Å². The summed E-state index contributed by atoms with van der Waals surface area (Å²) in [6.45, 7) is 4.29. The van der Waals surface area contributed by atoms with E-state index < -0.39 is 0 Å². The zero-order valence-electron chi connectivity index (χ0n) is 9.16. The van der Waals surface area contributed by atoms with Gasteiger partial charge in [-0.15, -0.1) is 0 Å². The lowest BCUT2D eigenvalue weighted by Crippen LogP contribution is -2.05. The Labute approximate surface area is 95.2 Å². The molecule has 0 spiro atoms. The molecule has 2 nitrogen and oxygen atoms in total. The molecule has 80 valence electrons. The average molecular weight is 220 g/mol. The highest BCUT2D eigenvalue weighted by Gasteiger charge is 2.16. The molecule has 0 saturated carbocycles. The van der Waals surface area contributed by atoms with Crippen LogP contribution >= 0.6 is 11.8 Å². The van der Waals surface area contributed by atoms with Gasteiger partial charge < -0.3 is 5.32 Å². The lowest BCUT2D eigenvalue weighted by Gasteiger charge is -2.05. The van der Waals surface area contributed by atoms with Gasteiger partial charge in [-0.05, 0) is 31.0 Å². The summed E-state index contributed by atoms with van der Waals surface area (Å²) >= 11 is 1.81. The van der Waals surface area contributed by atoms with Crippen molar-refractivity contribution in [2.24, 2.45) is 4.99 Å². The summed E-state index contributed by atoms with van der Waals surface area (Å²) in [6, 6.07) is 8.89. The van der Waals surface area contributed by atoms with Crippen LogP contribution in [-0.4, -0.2) is 17.0 Å². The molecule has 1 atom stereocenters. The number of anilines is 1. The van der Waals surface area contributed by atoms with E-state index in [9.17, 15) is 0 Å². The van der Waals surface area contributed by atoms with Gasteiger partial charge in [0.15, 0.2) is 5.17 Å². The summed E-state index contributed by atoms with van der Waals surface area (Å²) in [4.78, 5) is 4.60. The maximum Gasteiger partial charge on any atom is 0.161 e. The minimum Gasteiger partial charge on any atom is -0.335 e. The topological polar surface area (TPSA) is 24.4 Å². The number of aryl methyl sites for hydroxylation is 1. The fraction of sp³-hybridized carbons (Fsp3) is 0.417. The summed E-state index contributed by atoms with van der Waals surface area (Å²) in [5.74, 6) is 1.12. The van der Waals surface area contributed by atoms with Gasteiger partial charge in [0, 0.05) is 11.4 Å². The van der Waals surface area contributed by atoms with Gasteiger partial charge in [-0.25, -0.2) is 0 Å². The minimum atomic E-state index is 0.502. The van der Waals surface area contributed by atoms with Crippen LogP contribution in [0.1, 0.15) is 18.9 Å². The van der Waals surface area contributed by atoms with E-state index >= 15 is 0 Å². The fourth-order valence-electron chi connectivity index (χ4n) is 1.54. The molecule has 1 aliphatic heterocycles. The first-order chi connectivity index (χ1) is 7.28. The third-order valence-electron chi connectivity index (χ3n) is 2.45. The first-order valence-corrected chi connectivity index (χ1v) is 6.31. The Morgan fingerprint density at radius 3 is 3.07 bits per heavy atom. The molecule has 0 saturated heterocycles. The van der Waals surface area contributed by atoms with Gasteiger partial charge in [0.2, 0.25) is 0 Å². The molecular weight excluding hydrogens is 204 g/mol. The van der Waals surface area contributed by atoms with Gasteiger partial charge in [-0.1, -0.05) is 30.8 Å². The summed E-state index contributed by atoms with van der Waals surface area (Å²) in [6.07, 6.45) is 1.13. The number of hydrogen-bond donors (Lipinski definition) is 1. The Balaban J connectivity index is 2.03. The van der Waals surface area contributed by atoms with E-state index in [1.54, 1.807) is 0 Å². The van der Waals surface area contributed by atoms with Crippen molar-refractivity contribution >= 4 is 22.6 Å². The predicted octanol–water partition coefficient (Wildman–Crippen LogP) is 3.29. The molecule has 1 N–H and O–H groups in total. The number of hydrogen-bond acceptors (Lipinski definition) is 3. The molecule has 1 aromatic carbocycles. The van der Waals surface area contributed by atoms with Crippen molar-refractivity contribution in [3.8, 4) is 0 Å². The Hall–Kier alpha value is -0.960. The zero-order valence-corrected chi connectivity index (χ0v) is 9.97. The van der Waals surface area contributed by atoms with Gasteiger partial charge in [0.1, 0.15) is 0 Å². The molecule has 0 radical (unpaired) electrons. The van der Waals surface area contributed by atoms with Gasteiger partial charge in [0.05, 0.1) is 6.04 Å². The number of nitrogens with zero attached hydrogens (tertiary/aromatic N) is 1. The molecule has 0 amide bonds. The quantitative estimate of drug-likeness (QED) is 0.827. The molecule has 1 aliphatic rings. The SMILES string of the molecule is CCC1CSC(Nc2cccc(C)c2)=N1. The van der Waals surface area contributed by atoms with Crippen LogP contribution in [0.4, 0.5) is 5.69 Å². The van der Waals surface area contributed by atoms with Crippen LogP contribution in [0.15, 0.2) is 29.3 Å². The molecule has 0 aromatic heterocycles. The normalized spacial score (nSPS) is 20.1. The maximum absolute atomic E-state index is 4.60. The molecule has 0 fully saturated rings. The van der Waals surface area contributed by atoms with Crippen LogP contribution in [0.25, 0.3) is 0 Å². The lowest BCUT2D eigenvalue weighted by molar-refractivity contribution is 0.738. The van der Waals surface area contributed by atoms with E-state index in [0.717, 1.165) is 23.0 Å². The molecule has 1 heterocycles. The number of aliphatic imine (C=N–C) groups is 1. The number of rotatable bonds is 2. The minimum absolute atomic E-state index is 0.502. The van der Waals surface area contributed by atoms with Gasteiger partial charge >= 0.3 is 0 Å². The van der Waals surface area contributed by atoms with Crippen LogP contribution in [0.2, 0.25) is 0 Å². The van der Waals surface area contributed by atoms with Crippen molar-refractivity contribution in [2.45, 2.75) is 26.3 Å². The molecule has 0 aliphatic carbocycles. The molecular formula is C12H16N2S. The third kappa shape index (κ3) is 2.75. The predicted molar refractivity (Wildman–Crippen MR) is 68.8 cm³/mol. The van der Waals surface area contributed by atoms with E-state index in [0.29, 0.717) is 6.04 Å². The van der Waals surface area contributed by atoms with Crippen LogP contribution in [0.3, 0.4) is 0 Å². The maximum atomic E-state index is 4.60. The second-order valence-electron chi connectivity index (χ2n) is 3.80. The van der Waals surface area contributed by atoms with Crippen molar-refractivity contribution < 1.29 is 0 Å². The van der Waals surface area contributed by atoms with Crippen molar-refractivity contribution in [1.29, 1.82) is 0 Å². The standard InChI is InChI=1S/C12H16N2S/c1-3-10-8-15-12(13-10)14-11-6-4-5-9(2)7-11/h4-7,10H,3,8H2,1-2H3,(H,13,14). The van der Waals surface area contributed by atoms with Crippen molar-refractivity contribution in [3.63, 3.8) is 0 Å². The van der Waals surface area contributed by atoms with Gasteiger partial charge in [-0.2, -0.15) is 0 Å². The monoisotopic (exact) mass is 220 g/mol. The summed E-state index contributed by atoms with van der Waals surface area (Å²) in [5, 5.41) is 4.42. The lowest BCUT2D eigenvalue weighted by atomic mass is 10.2. The van der Waals surface area contributed by atoms with E-state index in [1.807, 2.05) is 11.8 Å². The zero-order chi connectivity index (χ0) is 10.7. The summed E-state index contributed by atoms with van der Waals surface area (Å²) in [5.41, 5.74) is 2.41. The van der Waals surface area contributed by atoms with Gasteiger partial charge in [0.25, 0.3) is 0 Å². The Morgan fingerprint density at radius 1 is 1.53 bits per heavy atom. The third-order valence-corrected chi connectivity index (χ3v) is 3.49. The van der Waals surface area contributed by atoms with Crippen LogP contribution in [-0.2, 0) is 0 Å². The van der Waals surface area contributed by atoms with Crippen LogP contribution in [0.5, 0.6) is 0 Å². The Morgan fingerprint density at radius 2 is 2.40 bits per heavy atom. The highest BCUT2D eigenvalue weighted by atomic mass is 32.2. The molecule has 2 rings (SSSR count). The highest BCUT2D eigenvalue weighted by molar-refractivity contribution is 8.14. The molecule has 1 aromatic rings. The second kappa shape index (κ2) is 4.71. The summed E-state index contributed by atoms with van der Waals surface area (Å²) in [7, 11) is 0. The molecule has 0 bridgehead atoms. The first kappa shape index (κ1) is 10.6. The van der Waals surface area contributed by atoms with Crippen LogP contribution in [0, 0.1) is 6.92 Å². The van der Waals surface area contributed by atoms with E-state index in [2.05, 4.69) is 48.4 Å². The largest absolute Gasteiger partial charge is 0.335 e. The fourth-order valence-corrected chi connectivity index (χ4v) is 2.61. The van der Waals surface area contributed by atoms with E-state index in [-0.39, 0.29) is 0 Å². The molecule has 3 heteroatoms.